The molecule has 0 aliphatic heterocycles. The summed E-state index contributed by atoms with van der Waals surface area (Å²) in [6, 6.07) is 25.5. The molecule has 2 nitrogen and oxygen atoms in total. The Morgan fingerprint density at radius 1 is 0.862 bits per heavy atom. The predicted molar refractivity (Wildman–Crippen MR) is 121 cm³/mol. The lowest BCUT2D eigenvalue weighted by Crippen LogP contribution is -2.01. The third-order valence-electron chi connectivity index (χ3n) is 5.02. The van der Waals surface area contributed by atoms with Gasteiger partial charge in [0, 0.05) is 5.57 Å². The molecule has 0 saturated carbocycles. The van der Waals surface area contributed by atoms with Gasteiger partial charge in [0.1, 0.15) is 0 Å². The average molecular weight is 383 g/mol. The second-order valence-corrected chi connectivity index (χ2v) is 7.05. The van der Waals surface area contributed by atoms with Crippen molar-refractivity contribution in [1.29, 1.82) is 0 Å². The number of methoxy groups -OCH3 is 1. The summed E-state index contributed by atoms with van der Waals surface area (Å²) < 4.78 is 4.78. The Morgan fingerprint density at radius 2 is 1.48 bits per heavy atom. The van der Waals surface area contributed by atoms with Gasteiger partial charge in [0.2, 0.25) is 0 Å². The van der Waals surface area contributed by atoms with E-state index in [4.69, 9.17) is 4.74 Å². The first-order chi connectivity index (χ1) is 14.1. The molecule has 0 N–H and O–H groups in total. The Balaban J connectivity index is 1.76. The third kappa shape index (κ3) is 5.32. The summed E-state index contributed by atoms with van der Waals surface area (Å²) in [5.74, 6) is -0.324. The van der Waals surface area contributed by atoms with Crippen molar-refractivity contribution in [2.75, 3.05) is 7.11 Å². The molecular weight excluding hydrogens is 356 g/mol. The van der Waals surface area contributed by atoms with E-state index in [9.17, 15) is 4.79 Å². The van der Waals surface area contributed by atoms with Crippen molar-refractivity contribution in [3.63, 3.8) is 0 Å². The molecule has 2 heteroatoms. The monoisotopic (exact) mass is 382 g/mol. The molecule has 0 heterocycles. The van der Waals surface area contributed by atoms with Crippen LogP contribution in [0.3, 0.4) is 0 Å². The lowest BCUT2D eigenvalue weighted by Gasteiger charge is -2.09. The van der Waals surface area contributed by atoms with Crippen molar-refractivity contribution < 1.29 is 9.53 Å². The lowest BCUT2D eigenvalue weighted by molar-refractivity contribution is -0.135. The fourth-order valence-corrected chi connectivity index (χ4v) is 3.31. The zero-order valence-corrected chi connectivity index (χ0v) is 17.0. The van der Waals surface area contributed by atoms with Crippen LogP contribution in [0.5, 0.6) is 0 Å². The second kappa shape index (κ2) is 9.70. The maximum absolute atomic E-state index is 11.7. The molecule has 3 rings (SSSR count). The molecule has 0 spiro atoms. The number of aryl methyl sites for hydroxylation is 2. The molecular formula is C27H26O2. The van der Waals surface area contributed by atoms with E-state index in [2.05, 4.69) is 67.2 Å². The highest BCUT2D eigenvalue weighted by Crippen LogP contribution is 2.25. The van der Waals surface area contributed by atoms with Crippen molar-refractivity contribution >= 4 is 18.1 Å². The average Bonchev–Trinajstić information content (AvgIpc) is 2.78. The smallest absolute Gasteiger partial charge is 0.333 e. The maximum Gasteiger partial charge on any atom is 0.333 e. The van der Waals surface area contributed by atoms with Gasteiger partial charge in [0.25, 0.3) is 0 Å². The number of hydrogen-bond acceptors (Lipinski definition) is 2. The Labute approximate surface area is 173 Å². The summed E-state index contributed by atoms with van der Waals surface area (Å²) in [4.78, 5) is 11.7. The standard InChI is InChI=1S/C27H26O2/c1-4-23-19-26(17-16-25(23)18-20(2)27(28)29-3)24-14-12-22(13-15-24)11-10-21-8-6-5-7-9-21/h4-9,12-19H,1,10-11H2,2-3H3. The van der Waals surface area contributed by atoms with Crippen LogP contribution < -0.4 is 0 Å². The lowest BCUT2D eigenvalue weighted by atomic mass is 9.96. The summed E-state index contributed by atoms with van der Waals surface area (Å²) in [5, 5.41) is 0. The van der Waals surface area contributed by atoms with Gasteiger partial charge in [-0.3, -0.25) is 0 Å². The molecule has 0 atom stereocenters. The molecule has 0 bridgehead atoms. The van der Waals surface area contributed by atoms with E-state index >= 15 is 0 Å². The molecule has 0 amide bonds. The van der Waals surface area contributed by atoms with Crippen LogP contribution in [0.2, 0.25) is 0 Å². The number of hydrogen-bond donors (Lipinski definition) is 0. The molecule has 0 unspecified atom stereocenters. The minimum Gasteiger partial charge on any atom is -0.466 e. The fraction of sp³-hybridized carbons (Fsp3) is 0.148. The number of benzene rings is 3. The molecule has 0 aliphatic carbocycles. The predicted octanol–water partition coefficient (Wildman–Crippen LogP) is 6.36. The van der Waals surface area contributed by atoms with E-state index in [1.165, 1.54) is 18.2 Å². The van der Waals surface area contributed by atoms with Crippen LogP contribution in [0.1, 0.15) is 29.2 Å². The molecule has 0 radical (unpaired) electrons. The minimum atomic E-state index is -0.324. The zero-order chi connectivity index (χ0) is 20.6. The van der Waals surface area contributed by atoms with Crippen molar-refractivity contribution in [2.45, 2.75) is 19.8 Å². The Morgan fingerprint density at radius 3 is 2.10 bits per heavy atom. The van der Waals surface area contributed by atoms with Gasteiger partial charge in [-0.15, -0.1) is 0 Å². The number of rotatable bonds is 7. The van der Waals surface area contributed by atoms with Crippen molar-refractivity contribution in [3.05, 3.63) is 107 Å². The van der Waals surface area contributed by atoms with Crippen LogP contribution in [0.15, 0.2) is 84.9 Å². The third-order valence-corrected chi connectivity index (χ3v) is 5.02. The summed E-state index contributed by atoms with van der Waals surface area (Å²) >= 11 is 0. The van der Waals surface area contributed by atoms with Crippen molar-refractivity contribution in [2.24, 2.45) is 0 Å². The normalized spacial score (nSPS) is 11.2. The van der Waals surface area contributed by atoms with Gasteiger partial charge in [0.15, 0.2) is 0 Å². The first-order valence-corrected chi connectivity index (χ1v) is 9.77. The molecule has 146 valence electrons. The SMILES string of the molecule is C=Cc1cc(-c2ccc(CCc3ccccc3)cc2)ccc1C=C(C)C(=O)OC. The number of esters is 1. The van der Waals surface area contributed by atoms with E-state index in [1.807, 2.05) is 24.3 Å². The summed E-state index contributed by atoms with van der Waals surface area (Å²) in [6.07, 6.45) is 5.72. The van der Waals surface area contributed by atoms with E-state index in [0.29, 0.717) is 5.57 Å². The summed E-state index contributed by atoms with van der Waals surface area (Å²) in [5.41, 5.74) is 7.48. The largest absolute Gasteiger partial charge is 0.466 e. The van der Waals surface area contributed by atoms with Gasteiger partial charge in [0.05, 0.1) is 7.11 Å². The van der Waals surface area contributed by atoms with Crippen molar-refractivity contribution in [3.8, 4) is 11.1 Å². The van der Waals surface area contributed by atoms with E-state index in [0.717, 1.165) is 35.1 Å². The maximum atomic E-state index is 11.7. The Kier molecular flexibility index (Phi) is 6.80. The van der Waals surface area contributed by atoms with E-state index in [-0.39, 0.29) is 5.97 Å². The minimum absolute atomic E-state index is 0.324. The highest BCUT2D eigenvalue weighted by Gasteiger charge is 2.07. The van der Waals surface area contributed by atoms with Gasteiger partial charge >= 0.3 is 5.97 Å². The van der Waals surface area contributed by atoms with E-state index < -0.39 is 0 Å². The van der Waals surface area contributed by atoms with Gasteiger partial charge in [-0.1, -0.05) is 79.4 Å². The number of carbonyl (C=O) groups is 1. The van der Waals surface area contributed by atoms with Crippen LogP contribution in [0.25, 0.3) is 23.3 Å². The highest BCUT2D eigenvalue weighted by molar-refractivity contribution is 5.93. The summed E-state index contributed by atoms with van der Waals surface area (Å²) in [7, 11) is 1.39. The number of carbonyl (C=O) groups excluding carboxylic acids is 1. The molecule has 0 aromatic heterocycles. The van der Waals surface area contributed by atoms with Gasteiger partial charge in [-0.05, 0) is 65.3 Å². The molecule has 3 aromatic carbocycles. The Hall–Kier alpha value is -3.39. The second-order valence-electron chi connectivity index (χ2n) is 7.05. The quantitative estimate of drug-likeness (QED) is 0.351. The van der Waals surface area contributed by atoms with Gasteiger partial charge in [-0.25, -0.2) is 4.79 Å². The molecule has 3 aromatic rings. The molecule has 0 fully saturated rings. The van der Waals surface area contributed by atoms with E-state index in [1.54, 1.807) is 6.92 Å². The van der Waals surface area contributed by atoms with Crippen molar-refractivity contribution in [1.82, 2.24) is 0 Å². The first-order valence-electron chi connectivity index (χ1n) is 9.77. The van der Waals surface area contributed by atoms with Crippen LogP contribution in [-0.2, 0) is 22.4 Å². The van der Waals surface area contributed by atoms with Crippen LogP contribution in [0, 0.1) is 0 Å². The summed E-state index contributed by atoms with van der Waals surface area (Å²) in [6.45, 7) is 5.67. The first kappa shape index (κ1) is 20.3. The molecule has 0 saturated heterocycles. The van der Waals surface area contributed by atoms with Gasteiger partial charge < -0.3 is 4.74 Å². The van der Waals surface area contributed by atoms with Crippen LogP contribution in [0.4, 0.5) is 0 Å². The van der Waals surface area contributed by atoms with Gasteiger partial charge in [-0.2, -0.15) is 0 Å². The topological polar surface area (TPSA) is 26.3 Å². The zero-order valence-electron chi connectivity index (χ0n) is 17.0. The highest BCUT2D eigenvalue weighted by atomic mass is 16.5. The fourth-order valence-electron chi connectivity index (χ4n) is 3.31. The van der Waals surface area contributed by atoms with Crippen LogP contribution >= 0.6 is 0 Å². The molecule has 0 aliphatic rings. The molecule has 29 heavy (non-hydrogen) atoms. The number of ether oxygens (including phenoxy) is 1. The van der Waals surface area contributed by atoms with Crippen LogP contribution in [-0.4, -0.2) is 13.1 Å². The Bertz CT molecular complexity index is 1010.